The van der Waals surface area contributed by atoms with Crippen LogP contribution in [-0.2, 0) is 12.7 Å². The summed E-state index contributed by atoms with van der Waals surface area (Å²) >= 11 is 6.03. The van der Waals surface area contributed by atoms with Gasteiger partial charge in [0.15, 0.2) is 0 Å². The van der Waals surface area contributed by atoms with Gasteiger partial charge in [-0.2, -0.15) is 18.3 Å². The number of ether oxygens (including phenoxy) is 1. The molecule has 0 fully saturated rings. The molecule has 0 aliphatic rings. The van der Waals surface area contributed by atoms with E-state index in [2.05, 4.69) is 5.10 Å². The first-order valence-electron chi connectivity index (χ1n) is 9.49. The highest BCUT2D eigenvalue weighted by molar-refractivity contribution is 6.34. The van der Waals surface area contributed by atoms with Crippen molar-refractivity contribution in [2.24, 2.45) is 0 Å². The van der Waals surface area contributed by atoms with E-state index in [4.69, 9.17) is 16.3 Å². The average molecular weight is 481 g/mol. The zero-order chi connectivity index (χ0) is 23.9. The molecular formula is C23H14ClF5N2O2. The molecule has 4 rings (SSSR count). The van der Waals surface area contributed by atoms with E-state index in [1.165, 1.54) is 36.1 Å². The predicted molar refractivity (Wildman–Crippen MR) is 113 cm³/mol. The second-order valence-electron chi connectivity index (χ2n) is 7.09. The molecular weight excluding hydrogens is 467 g/mol. The molecule has 0 unspecified atom stereocenters. The van der Waals surface area contributed by atoms with Crippen molar-refractivity contribution in [2.45, 2.75) is 12.7 Å². The summed E-state index contributed by atoms with van der Waals surface area (Å²) in [5.41, 5.74) is -2.14. The fraction of sp³-hybridized carbons (Fsp3) is 0.130. The smallest absolute Gasteiger partial charge is 0.417 e. The highest BCUT2D eigenvalue weighted by Crippen LogP contribution is 2.39. The Kier molecular flexibility index (Phi) is 5.84. The minimum atomic E-state index is -4.75. The zero-order valence-electron chi connectivity index (χ0n) is 16.9. The van der Waals surface area contributed by atoms with E-state index in [0.29, 0.717) is 6.07 Å². The number of nitrogens with zero attached hydrogens (tertiary/aromatic N) is 2. The van der Waals surface area contributed by atoms with E-state index in [1.807, 2.05) is 0 Å². The van der Waals surface area contributed by atoms with Crippen molar-refractivity contribution < 1.29 is 26.7 Å². The molecule has 0 aliphatic heterocycles. The van der Waals surface area contributed by atoms with Gasteiger partial charge in [-0.15, -0.1) is 0 Å². The molecule has 0 atom stereocenters. The van der Waals surface area contributed by atoms with Crippen LogP contribution in [0.4, 0.5) is 22.0 Å². The molecule has 170 valence electrons. The molecule has 33 heavy (non-hydrogen) atoms. The van der Waals surface area contributed by atoms with Crippen molar-refractivity contribution in [3.05, 3.63) is 92.6 Å². The van der Waals surface area contributed by atoms with Gasteiger partial charge in [-0.1, -0.05) is 35.9 Å². The Labute approximate surface area is 188 Å². The quantitative estimate of drug-likeness (QED) is 0.333. The van der Waals surface area contributed by atoms with E-state index >= 15 is 0 Å². The number of hydrogen-bond donors (Lipinski definition) is 0. The third-order valence-corrected chi connectivity index (χ3v) is 5.46. The third-order valence-electron chi connectivity index (χ3n) is 5.05. The summed E-state index contributed by atoms with van der Waals surface area (Å²) in [5.74, 6) is -1.39. The third kappa shape index (κ3) is 4.16. The number of alkyl halides is 3. The summed E-state index contributed by atoms with van der Waals surface area (Å²) in [5, 5.41) is 3.63. The van der Waals surface area contributed by atoms with Crippen molar-refractivity contribution in [3.63, 3.8) is 0 Å². The molecule has 0 spiro atoms. The minimum Gasteiger partial charge on any atom is -0.494 e. The van der Waals surface area contributed by atoms with Crippen LogP contribution in [-0.4, -0.2) is 16.9 Å². The van der Waals surface area contributed by atoms with E-state index in [0.717, 1.165) is 18.2 Å². The second kappa shape index (κ2) is 8.47. The molecule has 0 bridgehead atoms. The van der Waals surface area contributed by atoms with Crippen LogP contribution in [0.1, 0.15) is 11.1 Å². The number of hydrogen-bond acceptors (Lipinski definition) is 3. The van der Waals surface area contributed by atoms with E-state index in [1.54, 1.807) is 6.07 Å². The summed E-state index contributed by atoms with van der Waals surface area (Å²) in [6, 6.07) is 10.7. The molecule has 0 saturated carbocycles. The van der Waals surface area contributed by atoms with Crippen LogP contribution in [0.3, 0.4) is 0 Å². The van der Waals surface area contributed by atoms with Crippen LogP contribution in [0.15, 0.2) is 59.4 Å². The number of para-hydroxylation sites is 1. The van der Waals surface area contributed by atoms with Gasteiger partial charge in [0.1, 0.15) is 28.6 Å². The topological polar surface area (TPSA) is 44.1 Å². The van der Waals surface area contributed by atoms with Gasteiger partial charge in [-0.25, -0.2) is 8.78 Å². The molecule has 1 aromatic heterocycles. The Morgan fingerprint density at radius 1 is 1.06 bits per heavy atom. The normalized spacial score (nSPS) is 11.7. The van der Waals surface area contributed by atoms with Crippen molar-refractivity contribution in [1.29, 1.82) is 0 Å². The van der Waals surface area contributed by atoms with Gasteiger partial charge in [-0.05, 0) is 24.3 Å². The van der Waals surface area contributed by atoms with Gasteiger partial charge in [-0.3, -0.25) is 9.48 Å². The summed E-state index contributed by atoms with van der Waals surface area (Å²) in [7, 11) is 1.36. The average Bonchev–Trinajstić information content (AvgIpc) is 2.76. The largest absolute Gasteiger partial charge is 0.494 e. The number of fused-ring (bicyclic) bond motifs is 1. The lowest BCUT2D eigenvalue weighted by atomic mass is 10.0. The van der Waals surface area contributed by atoms with Gasteiger partial charge in [0.05, 0.1) is 29.6 Å². The first-order valence-corrected chi connectivity index (χ1v) is 9.87. The standard InChI is InChI=1S/C23H14ClF5N2O2/c1-33-18-7-3-5-15-21(18)31(11-12-8-9-13(25)10-17(12)26)30-20(22(15)32)14-4-2-6-16(19(14)24)23(27,28)29/h2-10H,11H2,1H3. The molecule has 4 nitrogen and oxygen atoms in total. The molecule has 3 aromatic carbocycles. The number of rotatable bonds is 4. The van der Waals surface area contributed by atoms with Crippen molar-refractivity contribution in [3.8, 4) is 17.0 Å². The van der Waals surface area contributed by atoms with Crippen LogP contribution in [0.2, 0.25) is 5.02 Å². The van der Waals surface area contributed by atoms with Gasteiger partial charge in [0.25, 0.3) is 0 Å². The summed E-state index contributed by atoms with van der Waals surface area (Å²) in [6.07, 6.45) is -4.75. The highest BCUT2D eigenvalue weighted by Gasteiger charge is 2.34. The van der Waals surface area contributed by atoms with Crippen LogP contribution >= 0.6 is 11.6 Å². The van der Waals surface area contributed by atoms with Gasteiger partial charge >= 0.3 is 6.18 Å². The minimum absolute atomic E-state index is 0.0424. The maximum Gasteiger partial charge on any atom is 0.417 e. The van der Waals surface area contributed by atoms with Crippen molar-refractivity contribution in [1.82, 2.24) is 9.78 Å². The molecule has 0 aliphatic carbocycles. The van der Waals surface area contributed by atoms with Crippen LogP contribution in [0, 0.1) is 11.6 Å². The highest BCUT2D eigenvalue weighted by atomic mass is 35.5. The zero-order valence-corrected chi connectivity index (χ0v) is 17.6. The maximum atomic E-state index is 14.3. The molecule has 4 aromatic rings. The number of halogens is 6. The molecule has 0 saturated heterocycles. The van der Waals surface area contributed by atoms with Crippen LogP contribution < -0.4 is 10.2 Å². The fourth-order valence-corrected chi connectivity index (χ4v) is 3.84. The SMILES string of the molecule is COc1cccc2c(=O)c(-c3cccc(C(F)(F)F)c3Cl)nn(Cc3ccc(F)cc3F)c12. The second-order valence-corrected chi connectivity index (χ2v) is 7.47. The molecule has 1 heterocycles. The fourth-order valence-electron chi connectivity index (χ4n) is 3.52. The Morgan fingerprint density at radius 3 is 2.45 bits per heavy atom. The van der Waals surface area contributed by atoms with E-state index in [9.17, 15) is 26.7 Å². The summed E-state index contributed by atoms with van der Waals surface area (Å²) < 4.78 is 74.3. The van der Waals surface area contributed by atoms with Crippen LogP contribution in [0.5, 0.6) is 5.75 Å². The van der Waals surface area contributed by atoms with E-state index < -0.39 is 33.8 Å². The van der Waals surface area contributed by atoms with Crippen molar-refractivity contribution >= 4 is 22.5 Å². The van der Waals surface area contributed by atoms with Gasteiger partial charge in [0.2, 0.25) is 5.43 Å². The Morgan fingerprint density at radius 2 is 1.79 bits per heavy atom. The van der Waals surface area contributed by atoms with E-state index in [-0.39, 0.29) is 40.0 Å². The Bertz CT molecular complexity index is 1430. The predicted octanol–water partition coefficient (Wildman–Crippen LogP) is 6.07. The Balaban J connectivity index is 2.03. The molecule has 0 N–H and O–H groups in total. The Hall–Kier alpha value is -3.46. The summed E-state index contributed by atoms with van der Waals surface area (Å²) in [4.78, 5) is 13.2. The monoisotopic (exact) mass is 480 g/mol. The molecule has 0 amide bonds. The lowest BCUT2D eigenvalue weighted by Gasteiger charge is -2.17. The lowest BCUT2D eigenvalue weighted by Crippen LogP contribution is -2.19. The number of benzene rings is 3. The molecule has 0 radical (unpaired) electrons. The number of aromatic nitrogens is 2. The maximum absolute atomic E-state index is 14.3. The number of methoxy groups -OCH3 is 1. The molecule has 10 heteroatoms. The first-order chi connectivity index (χ1) is 15.6. The van der Waals surface area contributed by atoms with Gasteiger partial charge < -0.3 is 4.74 Å². The summed E-state index contributed by atoms with van der Waals surface area (Å²) in [6.45, 7) is -0.257. The first kappa shape index (κ1) is 22.7. The lowest BCUT2D eigenvalue weighted by molar-refractivity contribution is -0.137. The van der Waals surface area contributed by atoms with Crippen LogP contribution in [0.25, 0.3) is 22.2 Å². The van der Waals surface area contributed by atoms with Gasteiger partial charge in [0, 0.05) is 17.2 Å². The van der Waals surface area contributed by atoms with Crippen molar-refractivity contribution in [2.75, 3.05) is 7.11 Å².